The Morgan fingerprint density at radius 3 is 2.62 bits per heavy atom. The van der Waals surface area contributed by atoms with Crippen LogP contribution >= 0.6 is 11.8 Å². The van der Waals surface area contributed by atoms with Crippen molar-refractivity contribution in [3.8, 4) is 11.5 Å². The minimum absolute atomic E-state index is 0.0224. The van der Waals surface area contributed by atoms with Gasteiger partial charge in [-0.2, -0.15) is 11.8 Å². The summed E-state index contributed by atoms with van der Waals surface area (Å²) in [6.45, 7) is 3.25. The second-order valence-corrected chi connectivity index (χ2v) is 5.43. The molecule has 1 rings (SSSR count). The van der Waals surface area contributed by atoms with Crippen molar-refractivity contribution in [2.75, 3.05) is 37.9 Å². The summed E-state index contributed by atoms with van der Waals surface area (Å²) >= 11 is 1.71. The summed E-state index contributed by atoms with van der Waals surface area (Å²) in [5, 5.41) is 11.4. The average Bonchev–Trinajstić information content (AvgIpc) is 2.50. The van der Waals surface area contributed by atoms with E-state index in [4.69, 9.17) is 14.6 Å². The van der Waals surface area contributed by atoms with Gasteiger partial charge >= 0.3 is 0 Å². The highest BCUT2D eigenvalue weighted by Gasteiger charge is 2.06. The number of para-hydroxylation sites is 2. The summed E-state index contributed by atoms with van der Waals surface area (Å²) in [4.78, 5) is 11.6. The Morgan fingerprint density at radius 2 is 1.95 bits per heavy atom. The first-order chi connectivity index (χ1) is 10.3. The van der Waals surface area contributed by atoms with Crippen molar-refractivity contribution in [2.24, 2.45) is 0 Å². The van der Waals surface area contributed by atoms with E-state index in [9.17, 15) is 4.79 Å². The van der Waals surface area contributed by atoms with Crippen LogP contribution in [0.25, 0.3) is 0 Å². The van der Waals surface area contributed by atoms with Crippen LogP contribution in [0.4, 0.5) is 0 Å². The van der Waals surface area contributed by atoms with Crippen molar-refractivity contribution in [2.45, 2.75) is 13.3 Å². The van der Waals surface area contributed by atoms with Crippen LogP contribution in [-0.2, 0) is 4.79 Å². The quantitative estimate of drug-likeness (QED) is 0.609. The molecule has 0 aliphatic rings. The van der Waals surface area contributed by atoms with E-state index >= 15 is 0 Å². The fourth-order valence-electron chi connectivity index (χ4n) is 1.57. The summed E-state index contributed by atoms with van der Waals surface area (Å²) in [5.74, 6) is 2.81. The molecule has 0 unspecified atom stereocenters. The van der Waals surface area contributed by atoms with Crippen LogP contribution in [0.2, 0.25) is 0 Å². The zero-order valence-electron chi connectivity index (χ0n) is 12.3. The molecule has 0 atom stereocenters. The number of carbonyl (C=O) groups is 1. The molecule has 1 amide bonds. The normalized spacial score (nSPS) is 10.2. The molecular weight excluding hydrogens is 290 g/mol. The zero-order chi connectivity index (χ0) is 15.3. The van der Waals surface area contributed by atoms with Crippen molar-refractivity contribution < 1.29 is 19.4 Å². The van der Waals surface area contributed by atoms with Gasteiger partial charge in [0.2, 0.25) is 0 Å². The van der Waals surface area contributed by atoms with Gasteiger partial charge in [0.1, 0.15) is 0 Å². The number of thioether (sulfide) groups is 1. The molecule has 2 N–H and O–H groups in total. The monoisotopic (exact) mass is 313 g/mol. The number of nitrogens with one attached hydrogen (secondary N) is 1. The third kappa shape index (κ3) is 7.82. The van der Waals surface area contributed by atoms with Gasteiger partial charge < -0.3 is 19.9 Å². The molecule has 0 spiro atoms. The molecule has 0 aromatic heterocycles. The molecule has 6 heteroatoms. The molecule has 0 fully saturated rings. The fourth-order valence-corrected chi connectivity index (χ4v) is 2.35. The summed E-state index contributed by atoms with van der Waals surface area (Å²) in [6.07, 6.45) is 0.788. The summed E-state index contributed by atoms with van der Waals surface area (Å²) < 4.78 is 10.9. The van der Waals surface area contributed by atoms with Crippen LogP contribution in [0.1, 0.15) is 13.3 Å². The Hall–Kier alpha value is -1.40. The van der Waals surface area contributed by atoms with E-state index in [1.807, 2.05) is 25.1 Å². The van der Waals surface area contributed by atoms with Gasteiger partial charge in [-0.3, -0.25) is 4.79 Å². The lowest BCUT2D eigenvalue weighted by atomic mass is 10.3. The van der Waals surface area contributed by atoms with Crippen molar-refractivity contribution in [3.63, 3.8) is 0 Å². The maximum absolute atomic E-state index is 11.6. The van der Waals surface area contributed by atoms with E-state index in [1.54, 1.807) is 17.8 Å². The van der Waals surface area contributed by atoms with Gasteiger partial charge in [0.25, 0.3) is 5.91 Å². The summed E-state index contributed by atoms with van der Waals surface area (Å²) in [5.41, 5.74) is 0. The lowest BCUT2D eigenvalue weighted by Crippen LogP contribution is -2.30. The molecule has 0 saturated carbocycles. The molecule has 1 aromatic rings. The van der Waals surface area contributed by atoms with Crippen LogP contribution in [0.3, 0.4) is 0 Å². The molecule has 0 radical (unpaired) electrons. The number of hydrogen-bond acceptors (Lipinski definition) is 5. The molecule has 0 bridgehead atoms. The molecule has 0 aliphatic heterocycles. The minimum Gasteiger partial charge on any atom is -0.490 e. The van der Waals surface area contributed by atoms with Gasteiger partial charge in [-0.25, -0.2) is 0 Å². The minimum atomic E-state index is -0.149. The summed E-state index contributed by atoms with van der Waals surface area (Å²) in [7, 11) is 0. The largest absolute Gasteiger partial charge is 0.490 e. The lowest BCUT2D eigenvalue weighted by molar-refractivity contribution is -0.122. The first-order valence-corrected chi connectivity index (χ1v) is 8.23. The Balaban J connectivity index is 2.21. The van der Waals surface area contributed by atoms with Crippen LogP contribution < -0.4 is 14.8 Å². The van der Waals surface area contributed by atoms with Crippen molar-refractivity contribution in [3.05, 3.63) is 24.3 Å². The predicted molar refractivity (Wildman–Crippen MR) is 85.1 cm³/mol. The topological polar surface area (TPSA) is 67.8 Å². The van der Waals surface area contributed by atoms with Crippen molar-refractivity contribution in [1.82, 2.24) is 5.32 Å². The van der Waals surface area contributed by atoms with Crippen LogP contribution in [0, 0.1) is 0 Å². The average molecular weight is 313 g/mol. The lowest BCUT2D eigenvalue weighted by Gasteiger charge is -2.11. The van der Waals surface area contributed by atoms with E-state index in [0.717, 1.165) is 17.9 Å². The highest BCUT2D eigenvalue weighted by atomic mass is 32.2. The molecule has 21 heavy (non-hydrogen) atoms. The molecular formula is C15H23NO4S. The molecule has 0 heterocycles. The van der Waals surface area contributed by atoms with E-state index in [0.29, 0.717) is 24.7 Å². The van der Waals surface area contributed by atoms with Gasteiger partial charge in [-0.05, 0) is 31.2 Å². The van der Waals surface area contributed by atoms with Crippen molar-refractivity contribution >= 4 is 17.7 Å². The number of aliphatic hydroxyl groups is 1. The maximum Gasteiger partial charge on any atom is 0.257 e. The molecule has 5 nitrogen and oxygen atoms in total. The number of benzene rings is 1. The van der Waals surface area contributed by atoms with Gasteiger partial charge in [-0.1, -0.05) is 12.1 Å². The van der Waals surface area contributed by atoms with Gasteiger partial charge in [-0.15, -0.1) is 0 Å². The standard InChI is InChI=1S/C15H23NO4S/c1-2-19-13-6-3-4-7-14(13)20-12-15(18)16-8-11-21-10-5-9-17/h3-4,6-7,17H,2,5,8-12H2,1H3,(H,16,18). The Bertz CT molecular complexity index is 414. The fraction of sp³-hybridized carbons (Fsp3) is 0.533. The third-order valence-electron chi connectivity index (χ3n) is 2.52. The number of aliphatic hydroxyl groups excluding tert-OH is 1. The Morgan fingerprint density at radius 1 is 1.24 bits per heavy atom. The van der Waals surface area contributed by atoms with E-state index in [-0.39, 0.29) is 19.1 Å². The first-order valence-electron chi connectivity index (χ1n) is 7.07. The van der Waals surface area contributed by atoms with E-state index in [1.165, 1.54) is 0 Å². The first kappa shape index (κ1) is 17.7. The van der Waals surface area contributed by atoms with E-state index < -0.39 is 0 Å². The number of carbonyl (C=O) groups excluding carboxylic acids is 1. The van der Waals surface area contributed by atoms with E-state index in [2.05, 4.69) is 5.32 Å². The number of amides is 1. The predicted octanol–water partition coefficient (Wildman–Crippen LogP) is 1.70. The molecule has 1 aromatic carbocycles. The van der Waals surface area contributed by atoms with Gasteiger partial charge in [0.15, 0.2) is 18.1 Å². The number of rotatable bonds is 11. The smallest absolute Gasteiger partial charge is 0.257 e. The summed E-state index contributed by atoms with van der Waals surface area (Å²) in [6, 6.07) is 7.30. The Kier molecular flexibility index (Phi) is 9.48. The second kappa shape index (κ2) is 11.3. The second-order valence-electron chi connectivity index (χ2n) is 4.21. The Labute approximate surface area is 130 Å². The highest BCUT2D eigenvalue weighted by molar-refractivity contribution is 7.99. The van der Waals surface area contributed by atoms with Gasteiger partial charge in [0, 0.05) is 18.9 Å². The number of hydrogen-bond donors (Lipinski definition) is 2. The van der Waals surface area contributed by atoms with Gasteiger partial charge in [0.05, 0.1) is 6.61 Å². The molecule has 0 saturated heterocycles. The van der Waals surface area contributed by atoms with Crippen LogP contribution in [-0.4, -0.2) is 48.9 Å². The zero-order valence-corrected chi connectivity index (χ0v) is 13.2. The molecule has 0 aliphatic carbocycles. The van der Waals surface area contributed by atoms with Crippen LogP contribution in [0.5, 0.6) is 11.5 Å². The third-order valence-corrected chi connectivity index (χ3v) is 3.59. The number of ether oxygens (including phenoxy) is 2. The van der Waals surface area contributed by atoms with Crippen molar-refractivity contribution in [1.29, 1.82) is 0 Å². The molecule has 118 valence electrons. The van der Waals surface area contributed by atoms with Crippen LogP contribution in [0.15, 0.2) is 24.3 Å². The maximum atomic E-state index is 11.6. The SMILES string of the molecule is CCOc1ccccc1OCC(=O)NCCSCCCO. The highest BCUT2D eigenvalue weighted by Crippen LogP contribution is 2.26.